The summed E-state index contributed by atoms with van der Waals surface area (Å²) in [6, 6.07) is 8.65. The Morgan fingerprint density at radius 2 is 1.94 bits per heavy atom. The van der Waals surface area contributed by atoms with Gasteiger partial charge in [-0.3, -0.25) is 0 Å². The van der Waals surface area contributed by atoms with Crippen LogP contribution in [0.3, 0.4) is 0 Å². The number of hydrogen-bond donors (Lipinski definition) is 1. The van der Waals surface area contributed by atoms with E-state index in [0.717, 1.165) is 0 Å². The van der Waals surface area contributed by atoms with Gasteiger partial charge in [-0.1, -0.05) is 18.2 Å². The van der Waals surface area contributed by atoms with Gasteiger partial charge < -0.3 is 4.98 Å². The highest BCUT2D eigenvalue weighted by Gasteiger charge is 2.21. The molecule has 0 amide bonds. The van der Waals surface area contributed by atoms with Gasteiger partial charge in [0.25, 0.3) is 0 Å². The van der Waals surface area contributed by atoms with Crippen molar-refractivity contribution in [3.63, 3.8) is 0 Å². The van der Waals surface area contributed by atoms with Gasteiger partial charge >= 0.3 is 0 Å². The molecule has 1 saturated heterocycles. The molecule has 1 fully saturated rings. The predicted octanol–water partition coefficient (Wildman–Crippen LogP) is 4.35. The van der Waals surface area contributed by atoms with Gasteiger partial charge in [-0.2, -0.15) is 0 Å². The summed E-state index contributed by atoms with van der Waals surface area (Å²) in [6.45, 7) is 2.20. The van der Waals surface area contributed by atoms with Gasteiger partial charge in [-0.25, -0.2) is 0 Å². The first kappa shape index (κ1) is 10.6. The Kier molecular flexibility index (Phi) is 2.90. The molecular weight excluding hydrogens is 234 g/mol. The van der Waals surface area contributed by atoms with Crippen LogP contribution in [0.4, 0.5) is 0 Å². The van der Waals surface area contributed by atoms with Gasteiger partial charge in [-0.05, 0) is 30.9 Å². The standard InChI is InChI=1S/C13H15NS2/c1-9-12(13-15-7-4-8-16-13)10-5-2-3-6-11(10)14-9/h2-3,5-6,13-14H,4,7-8H2,1H3. The van der Waals surface area contributed by atoms with Crippen molar-refractivity contribution < 1.29 is 0 Å². The Morgan fingerprint density at radius 1 is 1.19 bits per heavy atom. The van der Waals surface area contributed by atoms with Gasteiger partial charge in [0.2, 0.25) is 0 Å². The third kappa shape index (κ3) is 1.76. The second kappa shape index (κ2) is 4.38. The minimum atomic E-state index is 0.630. The summed E-state index contributed by atoms with van der Waals surface area (Å²) in [4.78, 5) is 3.50. The number of benzene rings is 1. The van der Waals surface area contributed by atoms with E-state index in [0.29, 0.717) is 4.58 Å². The van der Waals surface area contributed by atoms with Crippen molar-refractivity contribution in [3.8, 4) is 0 Å². The number of nitrogens with one attached hydrogen (secondary N) is 1. The van der Waals surface area contributed by atoms with E-state index in [9.17, 15) is 0 Å². The van der Waals surface area contributed by atoms with E-state index < -0.39 is 0 Å². The van der Waals surface area contributed by atoms with Crippen LogP contribution in [0, 0.1) is 6.92 Å². The van der Waals surface area contributed by atoms with Crippen LogP contribution in [0.25, 0.3) is 10.9 Å². The lowest BCUT2D eigenvalue weighted by molar-refractivity contribution is 1.09. The normalized spacial score (nSPS) is 18.1. The van der Waals surface area contributed by atoms with Crippen molar-refractivity contribution in [2.75, 3.05) is 11.5 Å². The zero-order chi connectivity index (χ0) is 11.0. The average molecular weight is 249 g/mol. The molecule has 2 aromatic rings. The lowest BCUT2D eigenvalue weighted by atomic mass is 10.1. The van der Waals surface area contributed by atoms with Crippen molar-refractivity contribution in [1.29, 1.82) is 0 Å². The topological polar surface area (TPSA) is 15.8 Å². The maximum atomic E-state index is 3.50. The number of aromatic nitrogens is 1. The molecule has 0 spiro atoms. The third-order valence-corrected chi connectivity index (χ3v) is 5.95. The van der Waals surface area contributed by atoms with E-state index in [1.54, 1.807) is 0 Å². The molecule has 2 heterocycles. The molecule has 1 nitrogen and oxygen atoms in total. The Hall–Kier alpha value is -0.540. The number of aromatic amines is 1. The molecule has 0 atom stereocenters. The van der Waals surface area contributed by atoms with Crippen LogP contribution in [0.2, 0.25) is 0 Å². The first-order valence-electron chi connectivity index (χ1n) is 5.66. The highest BCUT2D eigenvalue weighted by Crippen LogP contribution is 2.47. The van der Waals surface area contributed by atoms with E-state index in [4.69, 9.17) is 0 Å². The maximum Gasteiger partial charge on any atom is 0.0774 e. The van der Waals surface area contributed by atoms with Gasteiger partial charge in [-0.15, -0.1) is 23.5 Å². The first-order chi connectivity index (χ1) is 7.86. The summed E-state index contributed by atoms with van der Waals surface area (Å²) >= 11 is 4.19. The molecular formula is C13H15NS2. The van der Waals surface area contributed by atoms with Crippen molar-refractivity contribution >= 4 is 34.4 Å². The number of para-hydroxylation sites is 1. The summed E-state index contributed by atoms with van der Waals surface area (Å²) in [7, 11) is 0. The predicted molar refractivity (Wildman–Crippen MR) is 75.3 cm³/mol. The molecule has 0 unspecified atom stereocenters. The SMILES string of the molecule is Cc1[nH]c2ccccc2c1C1SCCCS1. The maximum absolute atomic E-state index is 3.50. The molecule has 0 aliphatic carbocycles. The van der Waals surface area contributed by atoms with Crippen LogP contribution in [0.15, 0.2) is 24.3 Å². The van der Waals surface area contributed by atoms with Crippen LogP contribution in [0.1, 0.15) is 22.3 Å². The summed E-state index contributed by atoms with van der Waals surface area (Å²) in [6.07, 6.45) is 1.35. The minimum Gasteiger partial charge on any atom is -0.358 e. The van der Waals surface area contributed by atoms with Gasteiger partial charge in [0.05, 0.1) is 4.58 Å². The first-order valence-corrected chi connectivity index (χ1v) is 7.76. The van der Waals surface area contributed by atoms with Gasteiger partial charge in [0, 0.05) is 22.2 Å². The Balaban J connectivity index is 2.10. The number of H-pyrrole nitrogens is 1. The minimum absolute atomic E-state index is 0.630. The fourth-order valence-corrected chi connectivity index (χ4v) is 5.39. The van der Waals surface area contributed by atoms with Crippen molar-refractivity contribution in [2.45, 2.75) is 17.9 Å². The number of hydrogen-bond acceptors (Lipinski definition) is 2. The monoisotopic (exact) mass is 249 g/mol. The molecule has 3 rings (SSSR count). The lowest BCUT2D eigenvalue weighted by Gasteiger charge is -2.21. The van der Waals surface area contributed by atoms with E-state index in [2.05, 4.69) is 59.7 Å². The number of aryl methyl sites for hydroxylation is 1. The Morgan fingerprint density at radius 3 is 2.75 bits per heavy atom. The fraction of sp³-hybridized carbons (Fsp3) is 0.385. The van der Waals surface area contributed by atoms with Gasteiger partial charge in [0.15, 0.2) is 0 Å². The molecule has 1 aromatic carbocycles. The summed E-state index contributed by atoms with van der Waals surface area (Å²) in [5.74, 6) is 2.60. The third-order valence-electron chi connectivity index (χ3n) is 3.01. The van der Waals surface area contributed by atoms with Crippen molar-refractivity contribution in [1.82, 2.24) is 4.98 Å². The molecule has 3 heteroatoms. The van der Waals surface area contributed by atoms with Crippen molar-refractivity contribution in [2.24, 2.45) is 0 Å². The molecule has 0 saturated carbocycles. The molecule has 84 valence electrons. The summed E-state index contributed by atoms with van der Waals surface area (Å²) in [5.41, 5.74) is 4.14. The smallest absolute Gasteiger partial charge is 0.0774 e. The number of thioether (sulfide) groups is 2. The Bertz CT molecular complexity index is 498. The van der Waals surface area contributed by atoms with Crippen molar-refractivity contribution in [3.05, 3.63) is 35.5 Å². The van der Waals surface area contributed by atoms with E-state index in [1.807, 2.05) is 0 Å². The van der Waals surface area contributed by atoms with E-state index in [1.165, 1.54) is 40.1 Å². The van der Waals surface area contributed by atoms with E-state index >= 15 is 0 Å². The number of rotatable bonds is 1. The fourth-order valence-electron chi connectivity index (χ4n) is 2.26. The van der Waals surface area contributed by atoms with Gasteiger partial charge in [0.1, 0.15) is 0 Å². The van der Waals surface area contributed by atoms with Crippen LogP contribution in [-0.2, 0) is 0 Å². The molecule has 1 aliphatic rings. The highest BCUT2D eigenvalue weighted by atomic mass is 32.2. The molecule has 0 bridgehead atoms. The molecule has 1 aliphatic heterocycles. The number of fused-ring (bicyclic) bond motifs is 1. The van der Waals surface area contributed by atoms with Crippen LogP contribution >= 0.6 is 23.5 Å². The summed E-state index contributed by atoms with van der Waals surface area (Å²) < 4.78 is 0.630. The molecule has 1 N–H and O–H groups in total. The molecule has 16 heavy (non-hydrogen) atoms. The average Bonchev–Trinajstić information content (AvgIpc) is 2.66. The largest absolute Gasteiger partial charge is 0.358 e. The lowest BCUT2D eigenvalue weighted by Crippen LogP contribution is -2.00. The second-order valence-corrected chi connectivity index (χ2v) is 6.86. The quantitative estimate of drug-likeness (QED) is 0.809. The van der Waals surface area contributed by atoms with E-state index in [-0.39, 0.29) is 0 Å². The second-order valence-electron chi connectivity index (χ2n) is 4.14. The molecule has 1 aromatic heterocycles. The molecule has 0 radical (unpaired) electrons. The zero-order valence-electron chi connectivity index (χ0n) is 9.32. The Labute approximate surface area is 104 Å². The highest BCUT2D eigenvalue weighted by molar-refractivity contribution is 8.16. The van der Waals surface area contributed by atoms with Crippen LogP contribution in [0.5, 0.6) is 0 Å². The van der Waals surface area contributed by atoms with Crippen LogP contribution in [-0.4, -0.2) is 16.5 Å². The zero-order valence-corrected chi connectivity index (χ0v) is 11.0. The van der Waals surface area contributed by atoms with Crippen LogP contribution < -0.4 is 0 Å². The summed E-state index contributed by atoms with van der Waals surface area (Å²) in [5, 5.41) is 1.41.